The maximum Gasteiger partial charge on any atom is 0.523 e. The molecule has 0 saturated heterocycles. The molecule has 23 heavy (non-hydrogen) atoms. The topological polar surface area (TPSA) is 83.9 Å². The van der Waals surface area contributed by atoms with Gasteiger partial charge >= 0.3 is 21.7 Å². The van der Waals surface area contributed by atoms with E-state index < -0.39 is 28.3 Å². The molecule has 2 rings (SSSR count). The Morgan fingerprint density at radius 2 is 2.09 bits per heavy atom. The molecule has 0 radical (unpaired) electrons. The quantitative estimate of drug-likeness (QED) is 0.667. The van der Waals surface area contributed by atoms with Gasteiger partial charge in [0.2, 0.25) is 0 Å². The molecule has 1 heterocycles. The van der Waals surface area contributed by atoms with Crippen molar-refractivity contribution >= 4 is 21.9 Å². The van der Waals surface area contributed by atoms with Gasteiger partial charge in [0.1, 0.15) is 0 Å². The number of nitrogens with zero attached hydrogens (tertiary/aromatic N) is 1. The average molecular weight is 353 g/mol. The molecule has 1 N–H and O–H groups in total. The van der Waals surface area contributed by atoms with Crippen LogP contribution in [-0.2, 0) is 27.3 Å². The predicted molar refractivity (Wildman–Crippen MR) is 74.5 cm³/mol. The zero-order chi connectivity index (χ0) is 17.4. The van der Waals surface area contributed by atoms with Crippen molar-refractivity contribution in [2.45, 2.75) is 37.9 Å². The molecule has 0 bridgehead atoms. The maximum absolute atomic E-state index is 12.3. The van der Waals surface area contributed by atoms with Crippen LogP contribution in [0.1, 0.15) is 24.5 Å². The van der Waals surface area contributed by atoms with Gasteiger partial charge < -0.3 is 5.11 Å². The molecule has 1 atom stereocenters. The van der Waals surface area contributed by atoms with Crippen LogP contribution in [0.15, 0.2) is 18.2 Å². The number of carboxylic acid groups (broad SMARTS) is 1. The van der Waals surface area contributed by atoms with Crippen LogP contribution in [0, 0.1) is 0 Å². The lowest BCUT2D eigenvalue weighted by molar-refractivity contribution is -0.0548. The molecule has 10 heteroatoms. The molecule has 1 amide bonds. The number of hydrogen-bond acceptors (Lipinski definition) is 4. The van der Waals surface area contributed by atoms with Crippen molar-refractivity contribution in [3.8, 4) is 0 Å². The Bertz CT molecular complexity index is 717. The molecule has 1 aliphatic heterocycles. The minimum atomic E-state index is -5.69. The van der Waals surface area contributed by atoms with E-state index in [9.17, 15) is 31.5 Å². The minimum absolute atomic E-state index is 0.216. The monoisotopic (exact) mass is 353 g/mol. The third kappa shape index (κ3) is 3.42. The number of amides is 1. The van der Waals surface area contributed by atoms with Crippen LogP contribution in [0.3, 0.4) is 0 Å². The number of alkyl halides is 3. The zero-order valence-corrected chi connectivity index (χ0v) is 12.8. The van der Waals surface area contributed by atoms with Gasteiger partial charge in [0.25, 0.3) is 0 Å². The van der Waals surface area contributed by atoms with Crippen molar-refractivity contribution in [3.05, 3.63) is 29.3 Å². The number of anilines is 1. The van der Waals surface area contributed by atoms with Crippen molar-refractivity contribution in [2.24, 2.45) is 0 Å². The summed E-state index contributed by atoms with van der Waals surface area (Å²) >= 11 is 0. The van der Waals surface area contributed by atoms with Crippen LogP contribution in [0.2, 0.25) is 0 Å². The fourth-order valence-electron chi connectivity index (χ4n) is 2.49. The molecule has 1 aromatic carbocycles. The molecule has 0 unspecified atom stereocenters. The van der Waals surface area contributed by atoms with E-state index in [0.29, 0.717) is 24.1 Å². The van der Waals surface area contributed by atoms with E-state index in [4.69, 9.17) is 0 Å². The first-order chi connectivity index (χ1) is 10.5. The second-order valence-electron chi connectivity index (χ2n) is 5.12. The summed E-state index contributed by atoms with van der Waals surface area (Å²) in [6.45, 7) is 0.918. The van der Waals surface area contributed by atoms with E-state index in [2.05, 4.69) is 4.18 Å². The second kappa shape index (κ2) is 6.00. The fourth-order valence-corrected chi connectivity index (χ4v) is 2.91. The maximum atomic E-state index is 12.3. The molecule has 0 aliphatic carbocycles. The average Bonchev–Trinajstić information content (AvgIpc) is 2.43. The molecular weight excluding hydrogens is 339 g/mol. The van der Waals surface area contributed by atoms with Crippen LogP contribution in [-0.4, -0.2) is 31.2 Å². The highest BCUT2D eigenvalue weighted by molar-refractivity contribution is 7.87. The highest BCUT2D eigenvalue weighted by Gasteiger charge is 2.47. The lowest BCUT2D eigenvalue weighted by Crippen LogP contribution is -2.41. The summed E-state index contributed by atoms with van der Waals surface area (Å²) in [6, 6.07) is 4.11. The van der Waals surface area contributed by atoms with Crippen LogP contribution in [0.25, 0.3) is 0 Å². The number of rotatable bonds is 3. The Kier molecular flexibility index (Phi) is 4.58. The van der Waals surface area contributed by atoms with E-state index in [1.54, 1.807) is 6.92 Å². The summed E-state index contributed by atoms with van der Waals surface area (Å²) < 4.78 is 62.9. The number of benzene rings is 1. The Labute approximate surface area is 130 Å². The summed E-state index contributed by atoms with van der Waals surface area (Å²) in [6.07, 6.45) is -0.284. The second-order valence-corrected chi connectivity index (χ2v) is 6.72. The van der Waals surface area contributed by atoms with Crippen molar-refractivity contribution in [3.63, 3.8) is 0 Å². The number of fused-ring (bicyclic) bond motifs is 1. The lowest BCUT2D eigenvalue weighted by Gasteiger charge is -2.34. The van der Waals surface area contributed by atoms with E-state index in [1.165, 1.54) is 18.2 Å². The highest BCUT2D eigenvalue weighted by atomic mass is 32.2. The molecule has 0 aromatic heterocycles. The Morgan fingerprint density at radius 3 is 2.65 bits per heavy atom. The van der Waals surface area contributed by atoms with Gasteiger partial charge in [-0.25, -0.2) is 4.79 Å². The van der Waals surface area contributed by atoms with Crippen LogP contribution < -0.4 is 4.90 Å². The summed E-state index contributed by atoms with van der Waals surface area (Å²) in [7, 11) is -5.69. The summed E-state index contributed by atoms with van der Waals surface area (Å²) in [5, 5.41) is 9.26. The fraction of sp³-hybridized carbons (Fsp3) is 0.462. The molecule has 128 valence electrons. The first-order valence-corrected chi connectivity index (χ1v) is 8.04. The van der Waals surface area contributed by atoms with Gasteiger partial charge in [-0.05, 0) is 37.0 Å². The summed E-state index contributed by atoms with van der Waals surface area (Å²) in [5.74, 6) is 0. The van der Waals surface area contributed by atoms with E-state index in [1.807, 2.05) is 0 Å². The number of carbonyl (C=O) groups is 1. The summed E-state index contributed by atoms with van der Waals surface area (Å²) in [4.78, 5) is 12.4. The van der Waals surface area contributed by atoms with E-state index in [0.717, 1.165) is 4.90 Å². The van der Waals surface area contributed by atoms with Crippen molar-refractivity contribution in [1.29, 1.82) is 0 Å². The predicted octanol–water partition coefficient (Wildman–Crippen LogP) is 2.87. The summed E-state index contributed by atoms with van der Waals surface area (Å²) in [5.41, 5.74) is -4.47. The molecule has 0 saturated carbocycles. The standard InChI is InChI=1S/C13H14F3NO5S/c1-8-5-6-10-9(7-22-23(20,21)13(14,15)16)3-2-4-11(10)17(8)12(18)19/h2-4,8H,5-7H2,1H3,(H,18,19)/t8-/m0/s1. The van der Waals surface area contributed by atoms with Gasteiger partial charge in [0, 0.05) is 6.04 Å². The Morgan fingerprint density at radius 1 is 1.43 bits per heavy atom. The Balaban J connectivity index is 2.32. The lowest BCUT2D eigenvalue weighted by atomic mass is 9.93. The SMILES string of the molecule is C[C@H]1CCc2c(COS(=O)(=O)C(F)(F)F)cccc2N1C(=O)O. The van der Waals surface area contributed by atoms with Gasteiger partial charge in [-0.2, -0.15) is 21.6 Å². The van der Waals surface area contributed by atoms with Gasteiger partial charge in [-0.15, -0.1) is 0 Å². The normalized spacial score (nSPS) is 18.6. The number of hydrogen-bond donors (Lipinski definition) is 1. The molecule has 0 spiro atoms. The molecule has 1 aromatic rings. The van der Waals surface area contributed by atoms with Gasteiger partial charge in [-0.3, -0.25) is 9.08 Å². The first kappa shape index (κ1) is 17.5. The molecule has 0 fully saturated rings. The zero-order valence-electron chi connectivity index (χ0n) is 12.0. The van der Waals surface area contributed by atoms with E-state index in [-0.39, 0.29) is 11.6 Å². The highest BCUT2D eigenvalue weighted by Crippen LogP contribution is 2.34. The minimum Gasteiger partial charge on any atom is -0.465 e. The van der Waals surface area contributed by atoms with Gasteiger partial charge in [0.05, 0.1) is 12.3 Å². The van der Waals surface area contributed by atoms with Crippen molar-refractivity contribution < 1.29 is 35.7 Å². The Hall–Kier alpha value is -1.81. The van der Waals surface area contributed by atoms with Crippen LogP contribution in [0.4, 0.5) is 23.7 Å². The molecular formula is C13H14F3NO5S. The third-order valence-corrected chi connectivity index (χ3v) is 4.61. The van der Waals surface area contributed by atoms with Crippen molar-refractivity contribution in [2.75, 3.05) is 4.90 Å². The largest absolute Gasteiger partial charge is 0.523 e. The molecule has 1 aliphatic rings. The van der Waals surface area contributed by atoms with Crippen LogP contribution in [0.5, 0.6) is 0 Å². The number of halogens is 3. The van der Waals surface area contributed by atoms with Crippen molar-refractivity contribution in [1.82, 2.24) is 0 Å². The van der Waals surface area contributed by atoms with Gasteiger partial charge in [-0.1, -0.05) is 12.1 Å². The smallest absolute Gasteiger partial charge is 0.465 e. The molecule has 6 nitrogen and oxygen atoms in total. The van der Waals surface area contributed by atoms with Crippen LogP contribution >= 0.6 is 0 Å². The first-order valence-electron chi connectivity index (χ1n) is 6.63. The third-order valence-electron chi connectivity index (χ3n) is 3.62. The van der Waals surface area contributed by atoms with E-state index >= 15 is 0 Å². The van der Waals surface area contributed by atoms with Gasteiger partial charge in [0.15, 0.2) is 0 Å².